The Hall–Kier alpha value is -6.28. The van der Waals surface area contributed by atoms with Gasteiger partial charge in [-0.1, -0.05) is 58.0 Å². The summed E-state index contributed by atoms with van der Waals surface area (Å²) >= 11 is 0. The molecule has 8 amide bonds. The minimum Gasteiger partial charge on any atom is -0.481 e. The molecule has 0 aliphatic carbocycles. The van der Waals surface area contributed by atoms with E-state index < -0.39 is 108 Å². The van der Waals surface area contributed by atoms with Crippen LogP contribution in [0.5, 0.6) is 0 Å². The Morgan fingerprint density at radius 3 is 2.00 bits per heavy atom. The van der Waals surface area contributed by atoms with Gasteiger partial charge in [-0.3, -0.25) is 48.1 Å². The van der Waals surface area contributed by atoms with Crippen LogP contribution in [0.3, 0.4) is 0 Å². The van der Waals surface area contributed by atoms with E-state index in [1.807, 2.05) is 13.8 Å². The fourth-order valence-corrected chi connectivity index (χ4v) is 7.43. The number of nitrogens with one attached hydrogen (secondary N) is 6. The molecule has 11 N–H and O–H groups in total. The van der Waals surface area contributed by atoms with E-state index >= 15 is 0 Å². The van der Waals surface area contributed by atoms with E-state index in [0.717, 1.165) is 0 Å². The van der Waals surface area contributed by atoms with Crippen LogP contribution in [0.1, 0.15) is 85.1 Å². The number of carboxylic acids is 1. The normalized spacial score (nSPS) is 25.2. The summed E-state index contributed by atoms with van der Waals surface area (Å²) in [5, 5.41) is 25.0. The van der Waals surface area contributed by atoms with Crippen molar-refractivity contribution in [1.82, 2.24) is 41.7 Å². The fraction of sp³-hybridized carbons (Fsp3) is 0.619. The number of hydrogen-bond acceptors (Lipinski definition) is 10. The highest BCUT2D eigenvalue weighted by Crippen LogP contribution is 2.23. The minimum absolute atomic E-state index is 0.0165. The first-order chi connectivity index (χ1) is 29.7. The van der Waals surface area contributed by atoms with Gasteiger partial charge in [-0.2, -0.15) is 0 Å². The standard InChI is InChI=1S/C42H65N11O10/c1-23(2)18-28-37(59)49-27(14-10-16-45-42(43)44)36(58)46-22-33(54)48-29(21-34(55)56)38(60)51-30(19-24(3)4)40(62)52(6)32(20-26-12-8-7-9-13-26)41(63)53-17-11-15-31(53)39(61)47-25(5)35(57)50-28/h7-9,12-13,23-25,27-32H,10-11,14-22H2,1-6H3,(H,46,58)(H,47,61)(H,48,54)(H,49,59)(H,50,57)(H,51,60)(H,55,56)(H4,43,44,45)/t25-,27-,28-,29-,30-,31-,32+/m0/s1. The van der Waals surface area contributed by atoms with Crippen LogP contribution in [-0.2, 0) is 49.6 Å². The first-order valence-corrected chi connectivity index (χ1v) is 21.3. The zero-order valence-electron chi connectivity index (χ0n) is 37.0. The second-order valence-corrected chi connectivity index (χ2v) is 16.9. The fourth-order valence-electron chi connectivity index (χ4n) is 7.43. The number of fused-ring (bicyclic) bond motifs is 1. The molecule has 2 saturated heterocycles. The smallest absolute Gasteiger partial charge is 0.305 e. The van der Waals surface area contributed by atoms with E-state index in [1.54, 1.807) is 44.2 Å². The van der Waals surface area contributed by atoms with Gasteiger partial charge in [-0.05, 0) is 62.8 Å². The molecule has 348 valence electrons. The number of aliphatic carboxylic acids is 1. The topological polar surface area (TPSA) is 317 Å². The zero-order valence-corrected chi connectivity index (χ0v) is 37.0. The lowest BCUT2D eigenvalue weighted by atomic mass is 9.98. The van der Waals surface area contributed by atoms with Gasteiger partial charge in [0.05, 0.1) is 13.0 Å². The summed E-state index contributed by atoms with van der Waals surface area (Å²) in [7, 11) is 1.41. The molecule has 3 rings (SSSR count). The third-order valence-electron chi connectivity index (χ3n) is 10.7. The number of likely N-dealkylation sites (N-methyl/N-ethyl adjacent to an activating group) is 1. The summed E-state index contributed by atoms with van der Waals surface area (Å²) in [5.41, 5.74) is 11.6. The first kappa shape index (κ1) is 51.1. The lowest BCUT2D eigenvalue weighted by Gasteiger charge is -2.35. The molecule has 63 heavy (non-hydrogen) atoms. The SMILES string of the molecule is CC(C)C[C@@H]1NC(=O)[C@H](C)NC(=O)[C@@H]2CCCN2C(=O)[C@@H](Cc2ccccc2)N(C)C(=O)[C@H](CC(C)C)NC(=O)[C@H](CC(=O)O)NC(=O)CNC(=O)[C@H](CCCN=C(N)N)NC1=O. The number of aliphatic imine (C=N–C) groups is 1. The van der Waals surface area contributed by atoms with Gasteiger partial charge in [-0.25, -0.2) is 0 Å². The van der Waals surface area contributed by atoms with Crippen molar-refractivity contribution in [1.29, 1.82) is 0 Å². The minimum atomic E-state index is -1.70. The van der Waals surface area contributed by atoms with Gasteiger partial charge in [0.1, 0.15) is 42.3 Å². The lowest BCUT2D eigenvalue weighted by molar-refractivity contribution is -0.149. The van der Waals surface area contributed by atoms with E-state index in [-0.39, 0.29) is 69.4 Å². The molecule has 21 nitrogen and oxygen atoms in total. The second-order valence-electron chi connectivity index (χ2n) is 16.9. The highest BCUT2D eigenvalue weighted by atomic mass is 16.4. The van der Waals surface area contributed by atoms with Crippen LogP contribution >= 0.6 is 0 Å². The molecular weight excluding hydrogens is 819 g/mol. The summed E-state index contributed by atoms with van der Waals surface area (Å²) in [6.45, 7) is 8.18. The van der Waals surface area contributed by atoms with Crippen LogP contribution in [0.2, 0.25) is 0 Å². The van der Waals surface area contributed by atoms with Gasteiger partial charge in [0.15, 0.2) is 5.96 Å². The summed E-state index contributed by atoms with van der Waals surface area (Å²) < 4.78 is 0. The van der Waals surface area contributed by atoms with Gasteiger partial charge >= 0.3 is 5.97 Å². The number of nitrogens with two attached hydrogens (primary N) is 2. The molecule has 2 aliphatic rings. The summed E-state index contributed by atoms with van der Waals surface area (Å²) in [6, 6.07) is 0.107. The Morgan fingerprint density at radius 1 is 0.778 bits per heavy atom. The number of nitrogens with zero attached hydrogens (tertiary/aromatic N) is 3. The average molecular weight is 884 g/mol. The number of guanidine groups is 1. The quantitative estimate of drug-likeness (QED) is 0.0641. The summed E-state index contributed by atoms with van der Waals surface area (Å²) in [4.78, 5) is 129. The maximum atomic E-state index is 14.6. The molecule has 0 spiro atoms. The van der Waals surface area contributed by atoms with Gasteiger partial charge in [0.25, 0.3) is 0 Å². The Bertz CT molecular complexity index is 1840. The van der Waals surface area contributed by atoms with Crippen molar-refractivity contribution < 1.29 is 48.3 Å². The number of hydrogen-bond donors (Lipinski definition) is 9. The molecule has 2 fully saturated rings. The van der Waals surface area contributed by atoms with Gasteiger partial charge in [0, 0.05) is 26.6 Å². The third kappa shape index (κ3) is 16.2. The van der Waals surface area contributed by atoms with Crippen molar-refractivity contribution in [2.75, 3.05) is 26.7 Å². The summed E-state index contributed by atoms with van der Waals surface area (Å²) in [5.74, 6) is -8.02. The molecule has 1 aromatic carbocycles. The van der Waals surface area contributed by atoms with Gasteiger partial charge in [-0.15, -0.1) is 0 Å². The summed E-state index contributed by atoms with van der Waals surface area (Å²) in [6.07, 6.45) is 0.234. The van der Waals surface area contributed by atoms with Crippen LogP contribution in [-0.4, -0.2) is 143 Å². The van der Waals surface area contributed by atoms with Gasteiger partial charge < -0.3 is 58.3 Å². The first-order valence-electron chi connectivity index (χ1n) is 21.3. The highest BCUT2D eigenvalue weighted by molar-refractivity contribution is 5.99. The maximum Gasteiger partial charge on any atom is 0.305 e. The molecule has 0 saturated carbocycles. The van der Waals surface area contributed by atoms with Crippen LogP contribution in [0.4, 0.5) is 0 Å². The predicted octanol–water partition coefficient (Wildman–Crippen LogP) is -1.76. The van der Waals surface area contributed by atoms with Crippen molar-refractivity contribution in [2.24, 2.45) is 28.3 Å². The van der Waals surface area contributed by atoms with Crippen molar-refractivity contribution in [3.05, 3.63) is 35.9 Å². The Balaban J connectivity index is 2.09. The van der Waals surface area contributed by atoms with Crippen molar-refractivity contribution in [2.45, 2.75) is 128 Å². The molecule has 1 aromatic rings. The maximum absolute atomic E-state index is 14.6. The van der Waals surface area contributed by atoms with Crippen LogP contribution in [0.25, 0.3) is 0 Å². The van der Waals surface area contributed by atoms with E-state index in [0.29, 0.717) is 12.0 Å². The van der Waals surface area contributed by atoms with Crippen LogP contribution in [0.15, 0.2) is 35.3 Å². The van der Waals surface area contributed by atoms with Crippen LogP contribution < -0.4 is 43.4 Å². The average Bonchev–Trinajstić information content (AvgIpc) is 3.71. The van der Waals surface area contributed by atoms with Crippen molar-refractivity contribution in [3.8, 4) is 0 Å². The van der Waals surface area contributed by atoms with E-state index in [9.17, 15) is 48.3 Å². The Kier molecular flexibility index (Phi) is 19.8. The number of amides is 8. The molecule has 21 heteroatoms. The van der Waals surface area contributed by atoms with Crippen LogP contribution in [0, 0.1) is 11.8 Å². The third-order valence-corrected chi connectivity index (χ3v) is 10.7. The second kappa shape index (κ2) is 24.4. The number of carbonyl (C=O) groups excluding carboxylic acids is 8. The highest BCUT2D eigenvalue weighted by Gasteiger charge is 2.42. The zero-order chi connectivity index (χ0) is 47.0. The number of carbonyl (C=O) groups is 9. The molecule has 0 bridgehead atoms. The van der Waals surface area contributed by atoms with Crippen molar-refractivity contribution >= 4 is 59.2 Å². The number of benzene rings is 1. The van der Waals surface area contributed by atoms with Gasteiger partial charge in [0.2, 0.25) is 47.3 Å². The number of rotatable bonds is 12. The molecule has 0 aromatic heterocycles. The van der Waals surface area contributed by atoms with E-state index in [4.69, 9.17) is 11.5 Å². The molecule has 2 aliphatic heterocycles. The molecule has 7 atom stereocenters. The molecule has 0 radical (unpaired) electrons. The Labute approximate surface area is 367 Å². The molecule has 0 unspecified atom stereocenters. The lowest BCUT2D eigenvalue weighted by Crippen LogP contribution is -2.60. The largest absolute Gasteiger partial charge is 0.481 e. The molecule has 2 heterocycles. The molecular formula is C42H65N11O10. The van der Waals surface area contributed by atoms with E-state index in [1.165, 1.54) is 23.8 Å². The Morgan fingerprint density at radius 2 is 1.38 bits per heavy atom. The van der Waals surface area contributed by atoms with Crippen molar-refractivity contribution in [3.63, 3.8) is 0 Å². The monoisotopic (exact) mass is 883 g/mol. The number of carboxylic acid groups (broad SMARTS) is 1. The van der Waals surface area contributed by atoms with E-state index in [2.05, 4.69) is 36.9 Å². The predicted molar refractivity (Wildman–Crippen MR) is 231 cm³/mol.